The maximum Gasteiger partial charge on any atom is 0.0186 e. The van der Waals surface area contributed by atoms with Crippen LogP contribution in [0.2, 0.25) is 0 Å². The molecule has 1 aliphatic rings. The Morgan fingerprint density at radius 3 is 2.50 bits per heavy atom. The second kappa shape index (κ2) is 5.80. The smallest absolute Gasteiger partial charge is 0.0186 e. The summed E-state index contributed by atoms with van der Waals surface area (Å²) in [5.74, 6) is 0. The van der Waals surface area contributed by atoms with Crippen LogP contribution in [0.25, 0.3) is 0 Å². The molecule has 0 aromatic carbocycles. The van der Waals surface area contributed by atoms with E-state index in [2.05, 4.69) is 27.8 Å². The summed E-state index contributed by atoms with van der Waals surface area (Å²) in [7, 11) is 2.19. The lowest BCUT2D eigenvalue weighted by Crippen LogP contribution is -2.46. The third-order valence-corrected chi connectivity index (χ3v) is 2.76. The molecule has 1 fully saturated rings. The van der Waals surface area contributed by atoms with Gasteiger partial charge in [-0.25, -0.2) is 0 Å². The van der Waals surface area contributed by atoms with E-state index in [9.17, 15) is 0 Å². The molecule has 0 aliphatic carbocycles. The molecule has 0 aromatic heterocycles. The summed E-state index contributed by atoms with van der Waals surface area (Å²) in [4.78, 5) is 4.90. The average molecular weight is 189 g/mol. The van der Waals surface area contributed by atoms with E-state index >= 15 is 0 Å². The summed E-state index contributed by atoms with van der Waals surface area (Å²) < 4.78 is 3.27. The van der Waals surface area contributed by atoms with Gasteiger partial charge in [0.1, 0.15) is 0 Å². The molecule has 0 radical (unpaired) electrons. The van der Waals surface area contributed by atoms with Gasteiger partial charge >= 0.3 is 0 Å². The first-order chi connectivity index (χ1) is 5.83. The van der Waals surface area contributed by atoms with Crippen LogP contribution < -0.4 is 4.72 Å². The molecule has 0 amide bonds. The highest BCUT2D eigenvalue weighted by atomic mass is 32.2. The fraction of sp³-hybridized carbons (Fsp3) is 1.00. The molecule has 0 unspecified atom stereocenters. The van der Waals surface area contributed by atoms with Crippen LogP contribution in [0, 0.1) is 0 Å². The van der Waals surface area contributed by atoms with E-state index in [1.807, 2.05) is 0 Å². The van der Waals surface area contributed by atoms with Gasteiger partial charge < -0.3 is 4.90 Å². The van der Waals surface area contributed by atoms with Crippen molar-refractivity contribution in [1.29, 1.82) is 0 Å². The highest BCUT2D eigenvalue weighted by molar-refractivity contribution is 7.96. The molecule has 1 heterocycles. The van der Waals surface area contributed by atoms with Crippen LogP contribution in [0.3, 0.4) is 0 Å². The minimum absolute atomic E-state index is 1.10. The lowest BCUT2D eigenvalue weighted by Gasteiger charge is -2.32. The molecule has 0 aromatic rings. The van der Waals surface area contributed by atoms with Crippen molar-refractivity contribution in [2.75, 3.05) is 52.6 Å². The molecule has 0 atom stereocenters. The maximum absolute atomic E-state index is 3.27. The quantitative estimate of drug-likeness (QED) is 0.499. The molecule has 3 nitrogen and oxygen atoms in total. The summed E-state index contributed by atoms with van der Waals surface area (Å²) >= 11 is 1.70. The average Bonchev–Trinajstić information content (AvgIpc) is 2.09. The first kappa shape index (κ1) is 10.3. The van der Waals surface area contributed by atoms with Gasteiger partial charge in [-0.15, -0.1) is 0 Å². The van der Waals surface area contributed by atoms with E-state index in [0.717, 1.165) is 6.54 Å². The predicted octanol–water partition coefficient (Wildman–Crippen LogP) is 0.101. The first-order valence-electron chi connectivity index (χ1n) is 4.49. The number of hydrogen-bond donors (Lipinski definition) is 1. The first-order valence-corrected chi connectivity index (χ1v) is 5.72. The number of piperazine rings is 1. The Labute approximate surface area is 79.6 Å². The number of hydrogen-bond acceptors (Lipinski definition) is 4. The van der Waals surface area contributed by atoms with Gasteiger partial charge in [-0.2, -0.15) is 0 Å². The molecular formula is C8H19N3S. The third kappa shape index (κ3) is 3.76. The molecule has 1 saturated heterocycles. The molecule has 1 N–H and O–H groups in total. The van der Waals surface area contributed by atoms with E-state index in [4.69, 9.17) is 0 Å². The maximum atomic E-state index is 3.27. The summed E-state index contributed by atoms with van der Waals surface area (Å²) in [6.07, 6.45) is 2.07. The van der Waals surface area contributed by atoms with Crippen LogP contribution in [-0.4, -0.2) is 62.4 Å². The topological polar surface area (TPSA) is 18.5 Å². The van der Waals surface area contributed by atoms with Gasteiger partial charge in [0.25, 0.3) is 0 Å². The van der Waals surface area contributed by atoms with Gasteiger partial charge in [0.05, 0.1) is 0 Å². The normalized spacial score (nSPS) is 21.5. The van der Waals surface area contributed by atoms with E-state index < -0.39 is 0 Å². The van der Waals surface area contributed by atoms with Crippen LogP contribution in [0.5, 0.6) is 0 Å². The number of nitrogens with one attached hydrogen (secondary N) is 1. The van der Waals surface area contributed by atoms with E-state index in [0.29, 0.717) is 0 Å². The Kier molecular flexibility index (Phi) is 4.99. The van der Waals surface area contributed by atoms with Crippen molar-refractivity contribution in [3.8, 4) is 0 Å². The predicted molar refractivity (Wildman–Crippen MR) is 55.5 cm³/mol. The molecule has 12 heavy (non-hydrogen) atoms. The molecule has 0 spiro atoms. The number of likely N-dealkylation sites (N-methyl/N-ethyl adjacent to an activating group) is 1. The highest BCUT2D eigenvalue weighted by Gasteiger charge is 2.12. The van der Waals surface area contributed by atoms with Crippen molar-refractivity contribution < 1.29 is 0 Å². The zero-order chi connectivity index (χ0) is 8.81. The van der Waals surface area contributed by atoms with Gasteiger partial charge in [-0.05, 0) is 13.3 Å². The molecule has 1 aliphatic heterocycles. The van der Waals surface area contributed by atoms with Gasteiger partial charge in [0.2, 0.25) is 0 Å². The highest BCUT2D eigenvalue weighted by Crippen LogP contribution is 1.97. The van der Waals surface area contributed by atoms with Crippen LogP contribution in [0.4, 0.5) is 0 Å². The van der Waals surface area contributed by atoms with Crippen molar-refractivity contribution in [2.45, 2.75) is 0 Å². The van der Waals surface area contributed by atoms with Gasteiger partial charge in [-0.3, -0.25) is 9.62 Å². The van der Waals surface area contributed by atoms with E-state index in [-0.39, 0.29) is 0 Å². The van der Waals surface area contributed by atoms with Gasteiger partial charge in [-0.1, -0.05) is 11.9 Å². The lowest BCUT2D eigenvalue weighted by molar-refractivity contribution is 0.156. The van der Waals surface area contributed by atoms with Gasteiger partial charge in [0, 0.05) is 39.3 Å². The summed E-state index contributed by atoms with van der Waals surface area (Å²) in [5.41, 5.74) is 0. The van der Waals surface area contributed by atoms with Gasteiger partial charge in [0.15, 0.2) is 0 Å². The van der Waals surface area contributed by atoms with Crippen molar-refractivity contribution in [2.24, 2.45) is 0 Å². The molecule has 0 saturated carbocycles. The summed E-state index contributed by atoms with van der Waals surface area (Å²) in [6, 6.07) is 0. The second-order valence-corrected chi connectivity index (χ2v) is 3.94. The monoisotopic (exact) mass is 189 g/mol. The molecule has 1 rings (SSSR count). The minimum Gasteiger partial charge on any atom is -0.304 e. The Bertz CT molecular complexity index is 113. The fourth-order valence-electron chi connectivity index (χ4n) is 1.38. The summed E-state index contributed by atoms with van der Waals surface area (Å²) in [6.45, 7) is 7.19. The van der Waals surface area contributed by atoms with Crippen LogP contribution in [0.15, 0.2) is 0 Å². The van der Waals surface area contributed by atoms with Crippen molar-refractivity contribution in [3.63, 3.8) is 0 Å². The number of nitrogens with zero attached hydrogens (tertiary/aromatic N) is 2. The molecule has 72 valence electrons. The van der Waals surface area contributed by atoms with Crippen molar-refractivity contribution >= 4 is 11.9 Å². The van der Waals surface area contributed by atoms with Crippen molar-refractivity contribution in [1.82, 2.24) is 14.5 Å². The van der Waals surface area contributed by atoms with Crippen molar-refractivity contribution in [3.05, 3.63) is 0 Å². The standard InChI is InChI=1S/C8H19N3S/c1-10-5-7-11(8-6-10)4-3-9-12-2/h9H,3-8H2,1-2H3. The van der Waals surface area contributed by atoms with Crippen LogP contribution >= 0.6 is 11.9 Å². The fourth-order valence-corrected chi connectivity index (χ4v) is 1.67. The number of rotatable bonds is 4. The zero-order valence-corrected chi connectivity index (χ0v) is 8.86. The lowest BCUT2D eigenvalue weighted by atomic mass is 10.3. The molecular weight excluding hydrogens is 170 g/mol. The van der Waals surface area contributed by atoms with E-state index in [1.165, 1.54) is 32.7 Å². The summed E-state index contributed by atoms with van der Waals surface area (Å²) in [5, 5.41) is 0. The SMILES string of the molecule is CSNCCN1CCN(C)CC1. The molecule has 0 bridgehead atoms. The minimum atomic E-state index is 1.10. The largest absolute Gasteiger partial charge is 0.304 e. The van der Waals surface area contributed by atoms with E-state index in [1.54, 1.807) is 11.9 Å². The Hall–Kier alpha value is 0.230. The van der Waals surface area contributed by atoms with Crippen LogP contribution in [0.1, 0.15) is 0 Å². The zero-order valence-electron chi connectivity index (χ0n) is 8.05. The Morgan fingerprint density at radius 1 is 1.25 bits per heavy atom. The molecule has 4 heteroatoms. The Morgan fingerprint density at radius 2 is 1.92 bits per heavy atom. The second-order valence-electron chi connectivity index (χ2n) is 3.24. The third-order valence-electron chi connectivity index (χ3n) is 2.27. The Balaban J connectivity index is 2.01. The van der Waals surface area contributed by atoms with Crippen LogP contribution in [-0.2, 0) is 0 Å².